The van der Waals surface area contributed by atoms with Gasteiger partial charge in [-0.05, 0) is 19.2 Å². The van der Waals surface area contributed by atoms with Crippen molar-refractivity contribution >= 4 is 5.95 Å². The zero-order valence-corrected chi connectivity index (χ0v) is 10.7. The summed E-state index contributed by atoms with van der Waals surface area (Å²) in [5, 5.41) is 0. The smallest absolute Gasteiger partial charge is 0.210 e. The Labute approximate surface area is 107 Å². The van der Waals surface area contributed by atoms with E-state index in [1.54, 1.807) is 0 Å². The van der Waals surface area contributed by atoms with E-state index in [0.717, 1.165) is 32.1 Å². The molecule has 2 aromatic rings. The van der Waals surface area contributed by atoms with Crippen molar-refractivity contribution in [3.8, 4) is 5.69 Å². The zero-order valence-electron chi connectivity index (χ0n) is 10.7. The molecule has 0 saturated carbocycles. The molecule has 0 spiro atoms. The highest BCUT2D eigenvalue weighted by atomic mass is 15.3. The average Bonchev–Trinajstić information content (AvgIpc) is 2.90. The minimum Gasteiger partial charge on any atom is -0.339 e. The van der Waals surface area contributed by atoms with Crippen LogP contribution < -0.4 is 4.90 Å². The summed E-state index contributed by atoms with van der Waals surface area (Å²) >= 11 is 0. The average molecular weight is 242 g/mol. The maximum atomic E-state index is 4.51. The van der Waals surface area contributed by atoms with E-state index in [1.807, 2.05) is 18.5 Å². The molecular formula is C14H18N4. The van der Waals surface area contributed by atoms with E-state index in [2.05, 4.69) is 50.7 Å². The largest absolute Gasteiger partial charge is 0.339 e. The van der Waals surface area contributed by atoms with Gasteiger partial charge in [-0.3, -0.25) is 4.57 Å². The maximum Gasteiger partial charge on any atom is 0.210 e. The van der Waals surface area contributed by atoms with Crippen LogP contribution in [0.4, 0.5) is 5.95 Å². The quantitative estimate of drug-likeness (QED) is 0.800. The lowest BCUT2D eigenvalue weighted by atomic mass is 10.3. The molecule has 1 saturated heterocycles. The fourth-order valence-corrected chi connectivity index (χ4v) is 2.33. The van der Waals surface area contributed by atoms with Crippen LogP contribution >= 0.6 is 0 Å². The zero-order chi connectivity index (χ0) is 12.4. The van der Waals surface area contributed by atoms with Crippen molar-refractivity contribution in [2.75, 3.05) is 38.1 Å². The molecule has 4 heteroatoms. The Hall–Kier alpha value is -1.81. The van der Waals surface area contributed by atoms with E-state index in [-0.39, 0.29) is 0 Å². The van der Waals surface area contributed by atoms with Gasteiger partial charge in [-0.25, -0.2) is 4.98 Å². The number of aromatic nitrogens is 2. The van der Waals surface area contributed by atoms with Gasteiger partial charge in [0, 0.05) is 44.3 Å². The SMILES string of the molecule is CN1CCN(c2nccn2-c2ccccc2)CC1. The van der Waals surface area contributed by atoms with Crippen molar-refractivity contribution in [2.45, 2.75) is 0 Å². The summed E-state index contributed by atoms with van der Waals surface area (Å²) < 4.78 is 2.16. The first-order valence-electron chi connectivity index (χ1n) is 6.37. The lowest BCUT2D eigenvalue weighted by Crippen LogP contribution is -2.45. The number of rotatable bonds is 2. The molecule has 0 atom stereocenters. The molecule has 0 amide bonds. The first kappa shape index (κ1) is 11.3. The van der Waals surface area contributed by atoms with Gasteiger partial charge in [0.15, 0.2) is 0 Å². The summed E-state index contributed by atoms with van der Waals surface area (Å²) in [6.07, 6.45) is 3.91. The van der Waals surface area contributed by atoms with Crippen molar-refractivity contribution < 1.29 is 0 Å². The number of hydrogen-bond donors (Lipinski definition) is 0. The highest BCUT2D eigenvalue weighted by molar-refractivity contribution is 5.43. The molecule has 0 N–H and O–H groups in total. The molecule has 94 valence electrons. The third-order valence-corrected chi connectivity index (χ3v) is 3.44. The second-order valence-electron chi connectivity index (χ2n) is 4.72. The number of imidazole rings is 1. The monoisotopic (exact) mass is 242 g/mol. The van der Waals surface area contributed by atoms with Crippen molar-refractivity contribution in [1.82, 2.24) is 14.5 Å². The fourth-order valence-electron chi connectivity index (χ4n) is 2.33. The lowest BCUT2D eigenvalue weighted by Gasteiger charge is -2.33. The molecule has 1 aliphatic rings. The van der Waals surface area contributed by atoms with E-state index < -0.39 is 0 Å². The molecule has 0 radical (unpaired) electrons. The highest BCUT2D eigenvalue weighted by Gasteiger charge is 2.18. The molecule has 4 nitrogen and oxygen atoms in total. The maximum absolute atomic E-state index is 4.51. The Morgan fingerprint density at radius 1 is 1.00 bits per heavy atom. The molecule has 0 bridgehead atoms. The third kappa shape index (κ3) is 2.11. The first-order valence-corrected chi connectivity index (χ1v) is 6.37. The number of benzene rings is 1. The van der Waals surface area contributed by atoms with Crippen LogP contribution in [0.1, 0.15) is 0 Å². The van der Waals surface area contributed by atoms with Gasteiger partial charge in [0.05, 0.1) is 0 Å². The Balaban J connectivity index is 1.88. The van der Waals surface area contributed by atoms with Crippen LogP contribution in [0.3, 0.4) is 0 Å². The van der Waals surface area contributed by atoms with Crippen LogP contribution in [-0.2, 0) is 0 Å². The second kappa shape index (κ2) is 4.82. The number of nitrogens with zero attached hydrogens (tertiary/aromatic N) is 4. The van der Waals surface area contributed by atoms with Gasteiger partial charge >= 0.3 is 0 Å². The highest BCUT2D eigenvalue weighted by Crippen LogP contribution is 2.18. The third-order valence-electron chi connectivity index (χ3n) is 3.44. The molecule has 2 heterocycles. The molecule has 0 unspecified atom stereocenters. The van der Waals surface area contributed by atoms with Crippen molar-refractivity contribution in [2.24, 2.45) is 0 Å². The van der Waals surface area contributed by atoms with Gasteiger partial charge < -0.3 is 9.80 Å². The van der Waals surface area contributed by atoms with E-state index in [9.17, 15) is 0 Å². The molecule has 1 aromatic heterocycles. The summed E-state index contributed by atoms with van der Waals surface area (Å²) in [5.41, 5.74) is 1.17. The fraction of sp³-hybridized carbons (Fsp3) is 0.357. The van der Waals surface area contributed by atoms with Gasteiger partial charge in [-0.1, -0.05) is 18.2 Å². The summed E-state index contributed by atoms with van der Waals surface area (Å²) in [5.74, 6) is 1.05. The summed E-state index contributed by atoms with van der Waals surface area (Å²) in [7, 11) is 2.17. The molecule has 1 fully saturated rings. The van der Waals surface area contributed by atoms with E-state index in [1.165, 1.54) is 5.69 Å². The number of anilines is 1. The van der Waals surface area contributed by atoms with Crippen molar-refractivity contribution in [3.63, 3.8) is 0 Å². The number of likely N-dealkylation sites (N-methyl/N-ethyl adjacent to an activating group) is 1. The van der Waals surface area contributed by atoms with Gasteiger partial charge in [-0.2, -0.15) is 0 Å². The van der Waals surface area contributed by atoms with Crippen molar-refractivity contribution in [3.05, 3.63) is 42.7 Å². The summed E-state index contributed by atoms with van der Waals surface area (Å²) in [4.78, 5) is 9.22. The molecule has 1 aliphatic heterocycles. The lowest BCUT2D eigenvalue weighted by molar-refractivity contribution is 0.311. The van der Waals surface area contributed by atoms with Gasteiger partial charge in [0.2, 0.25) is 5.95 Å². The first-order chi connectivity index (χ1) is 8.84. The molecular weight excluding hydrogens is 224 g/mol. The van der Waals surface area contributed by atoms with Crippen LogP contribution in [0, 0.1) is 0 Å². The molecule has 3 rings (SSSR count). The molecule has 0 aliphatic carbocycles. The van der Waals surface area contributed by atoms with E-state index >= 15 is 0 Å². The Bertz CT molecular complexity index is 498. The van der Waals surface area contributed by atoms with E-state index in [4.69, 9.17) is 0 Å². The van der Waals surface area contributed by atoms with Crippen LogP contribution in [0.2, 0.25) is 0 Å². The Morgan fingerprint density at radius 2 is 1.72 bits per heavy atom. The Morgan fingerprint density at radius 3 is 2.44 bits per heavy atom. The normalized spacial score (nSPS) is 17.1. The predicted octanol–water partition coefficient (Wildman–Crippen LogP) is 1.62. The topological polar surface area (TPSA) is 24.3 Å². The standard InChI is InChI=1S/C14H18N4/c1-16-9-11-17(12-10-16)14-15-7-8-18(14)13-5-3-2-4-6-13/h2-8H,9-12H2,1H3. The van der Waals surface area contributed by atoms with Crippen LogP contribution in [-0.4, -0.2) is 47.7 Å². The number of piperazine rings is 1. The van der Waals surface area contributed by atoms with Gasteiger partial charge in [-0.15, -0.1) is 0 Å². The molecule has 18 heavy (non-hydrogen) atoms. The Kier molecular flexibility index (Phi) is 3.02. The summed E-state index contributed by atoms with van der Waals surface area (Å²) in [6.45, 7) is 4.28. The van der Waals surface area contributed by atoms with Crippen molar-refractivity contribution in [1.29, 1.82) is 0 Å². The van der Waals surface area contributed by atoms with Gasteiger partial charge in [0.25, 0.3) is 0 Å². The van der Waals surface area contributed by atoms with E-state index in [0.29, 0.717) is 0 Å². The minimum absolute atomic E-state index is 1.04. The van der Waals surface area contributed by atoms with Crippen LogP contribution in [0.5, 0.6) is 0 Å². The van der Waals surface area contributed by atoms with Crippen LogP contribution in [0.15, 0.2) is 42.7 Å². The molecule has 1 aromatic carbocycles. The van der Waals surface area contributed by atoms with Crippen LogP contribution in [0.25, 0.3) is 5.69 Å². The second-order valence-corrected chi connectivity index (χ2v) is 4.72. The number of para-hydroxylation sites is 1. The minimum atomic E-state index is 1.04. The summed E-state index contributed by atoms with van der Waals surface area (Å²) in [6, 6.07) is 10.4. The number of hydrogen-bond acceptors (Lipinski definition) is 3. The predicted molar refractivity (Wildman–Crippen MR) is 73.3 cm³/mol. The van der Waals surface area contributed by atoms with Gasteiger partial charge in [0.1, 0.15) is 0 Å².